The van der Waals surface area contributed by atoms with E-state index < -0.39 is 0 Å². The van der Waals surface area contributed by atoms with Crippen molar-refractivity contribution in [1.29, 1.82) is 0 Å². The number of rotatable bonds is 9. The average molecular weight is 859 g/mol. The Kier molecular flexibility index (Phi) is 37.0. The molecule has 0 aromatic rings. The van der Waals surface area contributed by atoms with Gasteiger partial charge in [-0.05, 0) is 28.2 Å². The van der Waals surface area contributed by atoms with Gasteiger partial charge in [0.15, 0.2) is 39.4 Å². The van der Waals surface area contributed by atoms with Crippen molar-refractivity contribution in [3.63, 3.8) is 0 Å². The van der Waals surface area contributed by atoms with E-state index >= 15 is 0 Å². The zero-order valence-electron chi connectivity index (χ0n) is 27.7. The van der Waals surface area contributed by atoms with Crippen LogP contribution in [-0.2, 0) is 0 Å². The highest BCUT2D eigenvalue weighted by Gasteiger charge is 2.15. The van der Waals surface area contributed by atoms with Crippen LogP contribution in [0, 0.1) is 0 Å². The smallest absolute Gasteiger partial charge is 0.153 e. The minimum absolute atomic E-state index is 0. The molecule has 11 nitrogen and oxygen atoms in total. The largest absolute Gasteiger partial charge is 0.377 e. The topological polar surface area (TPSA) is 35.6 Å². The zero-order chi connectivity index (χ0) is 29.2. The Morgan fingerprint density at radius 2 is 0.946 bits per heavy atom. The highest BCUT2D eigenvalue weighted by atomic mass is 28.4. The zero-order valence-corrected chi connectivity index (χ0v) is 64.2. The summed E-state index contributed by atoms with van der Waals surface area (Å²) in [5.74, 6) is 0. The molecule has 0 bridgehead atoms. The molecule has 0 radical (unpaired) electrons. The molecule has 0 aromatic carbocycles. The van der Waals surface area contributed by atoms with E-state index in [2.05, 4.69) is 73.4 Å². The Balaban J connectivity index is -0.000000196. The van der Waals surface area contributed by atoms with Gasteiger partial charge in [0.05, 0.1) is 152 Å². The lowest BCUT2D eigenvalue weighted by atomic mass is 10.9. The van der Waals surface area contributed by atoms with Crippen LogP contribution in [0.3, 0.4) is 0 Å². The predicted molar refractivity (Wildman–Crippen MR) is 245 cm³/mol. The lowest BCUT2D eigenvalue weighted by molar-refractivity contribution is 0.210. The molecule has 0 amide bonds. The van der Waals surface area contributed by atoms with Gasteiger partial charge < -0.3 is 45.2 Å². The first-order valence-electron chi connectivity index (χ1n) is 12.6. The molecule has 0 saturated carbocycles. The predicted octanol–water partition coefficient (Wildman–Crippen LogP) is -24.4. The molecule has 0 unspecified atom stereocenters. The van der Waals surface area contributed by atoms with E-state index in [1.807, 2.05) is 0 Å². The van der Waals surface area contributed by atoms with E-state index in [1.165, 1.54) is 146 Å². The van der Waals surface area contributed by atoms with E-state index in [-0.39, 0.29) is 66.5 Å². The Hall–Kier alpha value is 3.90. The lowest BCUT2D eigenvalue weighted by Crippen LogP contribution is -2.58. The Morgan fingerprint density at radius 3 is 1.11 bits per heavy atom. The normalized spacial score (nSPS) is 20.1. The third-order valence-electron chi connectivity index (χ3n) is 4.45. The van der Waals surface area contributed by atoms with Crippen molar-refractivity contribution < 1.29 is 0 Å². The molecular formula is C6H71N11Si20. The summed E-state index contributed by atoms with van der Waals surface area (Å²) in [4.78, 5) is 0. The van der Waals surface area contributed by atoms with Gasteiger partial charge >= 0.3 is 0 Å². The van der Waals surface area contributed by atoms with Crippen molar-refractivity contribution in [3.05, 3.63) is 0 Å². The van der Waals surface area contributed by atoms with E-state index in [0.29, 0.717) is 6.29 Å². The maximum Gasteiger partial charge on any atom is 0.153 e. The number of hydrogen-bond donors (Lipinski definition) is 0. The molecule has 0 aromatic heterocycles. The van der Waals surface area contributed by atoms with E-state index in [4.69, 9.17) is 0 Å². The first-order chi connectivity index (χ1) is 16.3. The van der Waals surface area contributed by atoms with E-state index in [1.54, 1.807) is 0 Å². The Morgan fingerprint density at radius 1 is 0.595 bits per heavy atom. The number of nitrogens with zero attached hydrogens (tertiary/aromatic N) is 11. The second kappa shape index (κ2) is 28.7. The van der Waals surface area contributed by atoms with Crippen molar-refractivity contribution in [2.24, 2.45) is 0 Å². The van der Waals surface area contributed by atoms with Gasteiger partial charge in [0, 0.05) is 0 Å². The van der Waals surface area contributed by atoms with Crippen LogP contribution in [0.5, 0.6) is 0 Å². The average Bonchev–Trinajstić information content (AvgIpc) is 2.57. The molecule has 1 aliphatic rings. The Labute approximate surface area is 289 Å². The third-order valence-corrected chi connectivity index (χ3v) is 27.9. The van der Waals surface area contributed by atoms with Crippen LogP contribution in [0.15, 0.2) is 0 Å². The summed E-state index contributed by atoms with van der Waals surface area (Å²) >= 11 is 0. The molecule has 0 aliphatic carbocycles. The molecule has 1 fully saturated rings. The third kappa shape index (κ3) is 36.0. The monoisotopic (exact) mass is 857 g/mol. The summed E-state index contributed by atoms with van der Waals surface area (Å²) in [6, 6.07) is 0. The molecule has 1 saturated heterocycles. The quantitative estimate of drug-likeness (QED) is 0.164. The van der Waals surface area contributed by atoms with Crippen LogP contribution in [-0.4, -0.2) is 284 Å². The summed E-state index contributed by atoms with van der Waals surface area (Å²) in [6.45, 7) is 0. The molecule has 230 valence electrons. The van der Waals surface area contributed by atoms with Crippen LogP contribution in [0.1, 0.15) is 7.43 Å². The van der Waals surface area contributed by atoms with E-state index in [9.17, 15) is 0 Å². The molecule has 1 heterocycles. The van der Waals surface area contributed by atoms with Crippen molar-refractivity contribution in [1.82, 2.24) is 45.2 Å². The highest BCUT2D eigenvalue weighted by molar-refractivity contribution is 6.74. The van der Waals surface area contributed by atoms with Crippen LogP contribution < -0.4 is 0 Å². The lowest BCUT2D eigenvalue weighted by Gasteiger charge is -2.37. The summed E-state index contributed by atoms with van der Waals surface area (Å²) < 4.78 is 28.8. The van der Waals surface area contributed by atoms with Crippen molar-refractivity contribution >= 4 is 205 Å². The molecule has 31 heteroatoms. The Bertz CT molecular complexity index is 432. The molecule has 1 rings (SSSR count). The fourth-order valence-corrected chi connectivity index (χ4v) is 67.9. The van der Waals surface area contributed by atoms with Gasteiger partial charge in [-0.2, -0.15) is 0 Å². The molecule has 37 heavy (non-hydrogen) atoms. The van der Waals surface area contributed by atoms with Crippen molar-refractivity contribution in [2.45, 2.75) is 13.7 Å². The van der Waals surface area contributed by atoms with Crippen molar-refractivity contribution in [3.8, 4) is 0 Å². The molecular weight excluding hydrogens is 788 g/mol. The summed E-state index contributed by atoms with van der Waals surface area (Å²) in [6.07, 6.45) is 0.698. The van der Waals surface area contributed by atoms with Crippen LogP contribution in [0.4, 0.5) is 0 Å². The molecule has 0 atom stereocenters. The van der Waals surface area contributed by atoms with E-state index in [0.717, 1.165) is 0 Å². The summed E-state index contributed by atoms with van der Waals surface area (Å²) in [5.41, 5.74) is 0. The molecule has 0 N–H and O–H groups in total. The second-order valence-electron chi connectivity index (χ2n) is 11.8. The SMILES string of the molecule is C.CN([SiH3])C(N([SiH3])[SiH3])N([SiH3])[SiH3].CN([SiH3])[SiH2]N([SiH3])[SiH2]N([SiH3])[SiH3].CN([SiH3])[SiH2]N([SiH3])[SiH3].CN1[SiH2]N([SiH3])[SiH2]N([SiH3])[SiH2]1. The fraction of sp³-hybridized carbons (Fsp3) is 1.00. The minimum atomic E-state index is 0. The van der Waals surface area contributed by atoms with Gasteiger partial charge in [-0.25, -0.2) is 0 Å². The van der Waals surface area contributed by atoms with Crippen molar-refractivity contribution in [2.75, 3.05) is 28.2 Å². The van der Waals surface area contributed by atoms with Crippen LogP contribution >= 0.6 is 0 Å². The minimum Gasteiger partial charge on any atom is -0.377 e. The molecule has 0 spiro atoms. The van der Waals surface area contributed by atoms with Gasteiger partial charge in [-0.1, -0.05) is 7.43 Å². The van der Waals surface area contributed by atoms with Gasteiger partial charge in [0.25, 0.3) is 0 Å². The first-order valence-corrected chi connectivity index (χ1v) is 32.7. The maximum atomic E-state index is 2.77. The van der Waals surface area contributed by atoms with Gasteiger partial charge in [0.2, 0.25) is 0 Å². The second-order valence-corrected chi connectivity index (χ2v) is 73.1. The highest BCUT2D eigenvalue weighted by Crippen LogP contribution is 1.95. The van der Waals surface area contributed by atoms with Gasteiger partial charge in [-0.3, -0.25) is 0 Å². The first kappa shape index (κ1) is 47.8. The van der Waals surface area contributed by atoms with Crippen LogP contribution in [0.25, 0.3) is 0 Å². The fourth-order valence-electron chi connectivity index (χ4n) is 4.33. The number of hydrogen-bond acceptors (Lipinski definition) is 11. The summed E-state index contributed by atoms with van der Waals surface area (Å²) in [7, 11) is 27.8. The standard InChI is InChI=1S/C2H19N3Si5.CH19N3Si6.CH15N3Si5.CH14N2Si4.CH4/c1-3(6)2(4(7)8)5(9)10;1-2(5)9-4(8)10-3(6)7;1-2-7-3(5)9-4(6)8-2;1-2(4)7-3(5)6;/h2H,1,6-10H3;9-10H2,1,5-8H3;7-9H2,1,5-6H3;7H2,1,4-6H3;1H4. The van der Waals surface area contributed by atoms with Crippen LogP contribution in [0.2, 0.25) is 0 Å². The maximum absolute atomic E-state index is 2.77. The van der Waals surface area contributed by atoms with Gasteiger partial charge in [0.1, 0.15) is 19.7 Å². The molecule has 1 aliphatic heterocycles. The summed E-state index contributed by atoms with van der Waals surface area (Å²) in [5, 5.41) is 0. The van der Waals surface area contributed by atoms with Gasteiger partial charge in [-0.15, -0.1) is 0 Å².